The fraction of sp³-hybridized carbons (Fsp3) is 0.800. The predicted molar refractivity (Wildman–Crippen MR) is 82.9 cm³/mol. The topological polar surface area (TPSA) is 28.2 Å². The maximum absolute atomic E-state index is 4.93. The van der Waals surface area contributed by atoms with E-state index in [-0.39, 0.29) is 0 Å². The van der Waals surface area contributed by atoms with Crippen molar-refractivity contribution in [1.29, 1.82) is 0 Å². The second kappa shape index (κ2) is 7.36. The first-order valence-corrected chi connectivity index (χ1v) is 8.54. The highest BCUT2D eigenvalue weighted by molar-refractivity contribution is 7.09. The van der Waals surface area contributed by atoms with Crippen molar-refractivity contribution in [3.8, 4) is 0 Å². The SMILES string of the molecule is CCCC(c1nc(C(C)CC)cs1)N1CCNCC1. The third kappa shape index (κ3) is 3.77. The highest BCUT2D eigenvalue weighted by Crippen LogP contribution is 2.31. The van der Waals surface area contributed by atoms with Crippen molar-refractivity contribution in [2.75, 3.05) is 26.2 Å². The van der Waals surface area contributed by atoms with E-state index in [1.807, 2.05) is 11.3 Å². The normalized spacial score (nSPS) is 20.4. The molecule has 0 saturated carbocycles. The van der Waals surface area contributed by atoms with Crippen LogP contribution in [-0.4, -0.2) is 36.1 Å². The zero-order chi connectivity index (χ0) is 13.7. The molecule has 1 aromatic rings. The summed E-state index contributed by atoms with van der Waals surface area (Å²) < 4.78 is 0. The van der Waals surface area contributed by atoms with Crippen molar-refractivity contribution in [1.82, 2.24) is 15.2 Å². The molecule has 1 N–H and O–H groups in total. The minimum atomic E-state index is 0.537. The van der Waals surface area contributed by atoms with E-state index in [4.69, 9.17) is 4.98 Å². The van der Waals surface area contributed by atoms with Crippen molar-refractivity contribution >= 4 is 11.3 Å². The first-order chi connectivity index (χ1) is 9.26. The van der Waals surface area contributed by atoms with E-state index in [1.54, 1.807) is 0 Å². The van der Waals surface area contributed by atoms with Gasteiger partial charge in [-0.3, -0.25) is 4.90 Å². The van der Waals surface area contributed by atoms with Crippen molar-refractivity contribution in [3.63, 3.8) is 0 Å². The summed E-state index contributed by atoms with van der Waals surface area (Å²) in [6.07, 6.45) is 3.63. The van der Waals surface area contributed by atoms with Crippen LogP contribution in [0.15, 0.2) is 5.38 Å². The monoisotopic (exact) mass is 281 g/mol. The Morgan fingerprint density at radius 3 is 2.74 bits per heavy atom. The molecule has 1 aromatic heterocycles. The number of hydrogen-bond acceptors (Lipinski definition) is 4. The van der Waals surface area contributed by atoms with Gasteiger partial charge in [0.15, 0.2) is 0 Å². The Balaban J connectivity index is 2.11. The molecule has 2 atom stereocenters. The lowest BCUT2D eigenvalue weighted by Gasteiger charge is -2.33. The average molecular weight is 281 g/mol. The van der Waals surface area contributed by atoms with E-state index in [0.717, 1.165) is 26.2 Å². The second-order valence-corrected chi connectivity index (χ2v) is 6.40. The molecule has 0 aliphatic carbocycles. The summed E-state index contributed by atoms with van der Waals surface area (Å²) >= 11 is 1.86. The lowest BCUT2D eigenvalue weighted by molar-refractivity contribution is 0.164. The van der Waals surface area contributed by atoms with Gasteiger partial charge in [0.05, 0.1) is 11.7 Å². The number of thiazole rings is 1. The molecule has 0 spiro atoms. The van der Waals surface area contributed by atoms with Crippen LogP contribution in [0.4, 0.5) is 0 Å². The van der Waals surface area contributed by atoms with Gasteiger partial charge >= 0.3 is 0 Å². The third-order valence-corrected chi connectivity index (χ3v) is 5.06. The van der Waals surface area contributed by atoms with Crippen molar-refractivity contribution in [3.05, 3.63) is 16.1 Å². The average Bonchev–Trinajstić information content (AvgIpc) is 2.94. The smallest absolute Gasteiger partial charge is 0.110 e. The summed E-state index contributed by atoms with van der Waals surface area (Å²) in [7, 11) is 0. The van der Waals surface area contributed by atoms with Gasteiger partial charge in [0.1, 0.15) is 5.01 Å². The lowest BCUT2D eigenvalue weighted by atomic mass is 10.1. The molecular weight excluding hydrogens is 254 g/mol. The molecule has 1 saturated heterocycles. The molecule has 1 aliphatic rings. The van der Waals surface area contributed by atoms with E-state index < -0.39 is 0 Å². The zero-order valence-electron chi connectivity index (χ0n) is 12.5. The second-order valence-electron chi connectivity index (χ2n) is 5.51. The Morgan fingerprint density at radius 2 is 2.11 bits per heavy atom. The van der Waals surface area contributed by atoms with Crippen molar-refractivity contribution in [2.45, 2.75) is 52.0 Å². The highest BCUT2D eigenvalue weighted by atomic mass is 32.1. The molecule has 2 unspecified atom stereocenters. The minimum absolute atomic E-state index is 0.537. The van der Waals surface area contributed by atoms with Gasteiger partial charge in [-0.05, 0) is 18.8 Å². The fourth-order valence-electron chi connectivity index (χ4n) is 2.62. The first-order valence-electron chi connectivity index (χ1n) is 7.66. The molecule has 0 bridgehead atoms. The van der Waals surface area contributed by atoms with Crippen LogP contribution in [0.3, 0.4) is 0 Å². The lowest BCUT2D eigenvalue weighted by Crippen LogP contribution is -2.45. The number of hydrogen-bond donors (Lipinski definition) is 1. The largest absolute Gasteiger partial charge is 0.314 e. The number of nitrogens with one attached hydrogen (secondary N) is 1. The van der Waals surface area contributed by atoms with Crippen LogP contribution in [-0.2, 0) is 0 Å². The molecule has 0 amide bonds. The van der Waals surface area contributed by atoms with Gasteiger partial charge in [0.2, 0.25) is 0 Å². The summed E-state index contributed by atoms with van der Waals surface area (Å²) in [6.45, 7) is 11.3. The summed E-state index contributed by atoms with van der Waals surface area (Å²) in [6, 6.07) is 0.537. The fourth-order valence-corrected chi connectivity index (χ4v) is 3.73. The third-order valence-electron chi connectivity index (χ3n) is 4.10. The number of nitrogens with zero attached hydrogens (tertiary/aromatic N) is 2. The van der Waals surface area contributed by atoms with Gasteiger partial charge in [-0.15, -0.1) is 11.3 Å². The Hall–Kier alpha value is -0.450. The van der Waals surface area contributed by atoms with Gasteiger partial charge in [-0.25, -0.2) is 4.98 Å². The van der Waals surface area contributed by atoms with E-state index in [0.29, 0.717) is 12.0 Å². The van der Waals surface area contributed by atoms with Crippen LogP contribution >= 0.6 is 11.3 Å². The van der Waals surface area contributed by atoms with E-state index in [1.165, 1.54) is 30.0 Å². The van der Waals surface area contributed by atoms with Gasteiger partial charge in [0, 0.05) is 31.6 Å². The van der Waals surface area contributed by atoms with Crippen LogP contribution < -0.4 is 5.32 Å². The standard InChI is InChI=1S/C15H27N3S/c1-4-6-14(18-9-7-16-8-10-18)15-17-13(11-19-15)12(3)5-2/h11-12,14,16H,4-10H2,1-3H3. The predicted octanol–water partition coefficient (Wildman–Crippen LogP) is 3.40. The quantitative estimate of drug-likeness (QED) is 0.866. The minimum Gasteiger partial charge on any atom is -0.314 e. The van der Waals surface area contributed by atoms with Gasteiger partial charge in [-0.2, -0.15) is 0 Å². The number of rotatable bonds is 6. The Morgan fingerprint density at radius 1 is 1.37 bits per heavy atom. The van der Waals surface area contributed by atoms with Crippen LogP contribution in [0.5, 0.6) is 0 Å². The highest BCUT2D eigenvalue weighted by Gasteiger charge is 2.24. The van der Waals surface area contributed by atoms with Crippen LogP contribution in [0, 0.1) is 0 Å². The van der Waals surface area contributed by atoms with E-state index in [9.17, 15) is 0 Å². The Kier molecular flexibility index (Phi) is 5.79. The molecule has 0 aromatic carbocycles. The van der Waals surface area contributed by atoms with E-state index in [2.05, 4.69) is 36.4 Å². The first kappa shape index (κ1) is 14.9. The molecule has 3 nitrogen and oxygen atoms in total. The summed E-state index contributed by atoms with van der Waals surface area (Å²) in [4.78, 5) is 7.54. The molecule has 2 heterocycles. The molecule has 108 valence electrons. The number of aromatic nitrogens is 1. The summed E-state index contributed by atoms with van der Waals surface area (Å²) in [5.74, 6) is 0.593. The van der Waals surface area contributed by atoms with E-state index >= 15 is 0 Å². The van der Waals surface area contributed by atoms with Crippen molar-refractivity contribution < 1.29 is 0 Å². The molecule has 2 rings (SSSR count). The zero-order valence-corrected chi connectivity index (χ0v) is 13.3. The Labute approximate surface area is 121 Å². The van der Waals surface area contributed by atoms with Crippen LogP contribution in [0.1, 0.15) is 62.7 Å². The molecule has 19 heavy (non-hydrogen) atoms. The van der Waals surface area contributed by atoms with Crippen LogP contribution in [0.2, 0.25) is 0 Å². The summed E-state index contributed by atoms with van der Waals surface area (Å²) in [5, 5.41) is 7.04. The maximum atomic E-state index is 4.93. The molecule has 0 radical (unpaired) electrons. The van der Waals surface area contributed by atoms with Gasteiger partial charge < -0.3 is 5.32 Å². The molecule has 1 fully saturated rings. The van der Waals surface area contributed by atoms with Gasteiger partial charge in [0.25, 0.3) is 0 Å². The maximum Gasteiger partial charge on any atom is 0.110 e. The van der Waals surface area contributed by atoms with Crippen LogP contribution in [0.25, 0.3) is 0 Å². The molecule has 4 heteroatoms. The molecular formula is C15H27N3S. The Bertz CT molecular complexity index is 371. The summed E-state index contributed by atoms with van der Waals surface area (Å²) in [5.41, 5.74) is 1.29. The number of piperazine rings is 1. The van der Waals surface area contributed by atoms with Crippen molar-refractivity contribution in [2.24, 2.45) is 0 Å². The van der Waals surface area contributed by atoms with Gasteiger partial charge in [-0.1, -0.05) is 27.2 Å². The molecule has 1 aliphatic heterocycles.